The lowest BCUT2D eigenvalue weighted by Gasteiger charge is -2.20. The van der Waals surface area contributed by atoms with Crippen LogP contribution in [0.4, 0.5) is 11.4 Å². The Kier molecular flexibility index (Phi) is 9.08. The van der Waals surface area contributed by atoms with Crippen LogP contribution in [0.5, 0.6) is 0 Å². The highest BCUT2D eigenvalue weighted by Crippen LogP contribution is 2.24. The lowest BCUT2D eigenvalue weighted by Crippen LogP contribution is -2.99. The molecule has 5 N–H and O–H groups in total. The SMILES string of the molecule is CC(=O)Nc1cc([NH+]([O-])O)c(CCNC(=O)c2ccccc2)cc1CCNC(=O)c1ccccc1. The van der Waals surface area contributed by atoms with Gasteiger partial charge >= 0.3 is 0 Å². The molecule has 0 aliphatic carbocycles. The van der Waals surface area contributed by atoms with Gasteiger partial charge in [0.25, 0.3) is 11.8 Å². The number of carbonyl (C=O) groups is 3. The highest BCUT2D eigenvalue weighted by atomic mass is 16.8. The zero-order valence-electron chi connectivity index (χ0n) is 19.3. The summed E-state index contributed by atoms with van der Waals surface area (Å²) in [5.74, 6) is -0.808. The first-order valence-electron chi connectivity index (χ1n) is 11.2. The summed E-state index contributed by atoms with van der Waals surface area (Å²) in [5.41, 5.74) is 2.67. The Hall–Kier alpha value is -4.05. The van der Waals surface area contributed by atoms with Crippen molar-refractivity contribution in [2.75, 3.05) is 18.4 Å². The van der Waals surface area contributed by atoms with Gasteiger partial charge in [0.15, 0.2) is 5.69 Å². The van der Waals surface area contributed by atoms with E-state index in [2.05, 4.69) is 16.0 Å². The Morgan fingerprint density at radius 2 is 1.29 bits per heavy atom. The maximum absolute atomic E-state index is 12.3. The maximum Gasteiger partial charge on any atom is 0.251 e. The average molecular weight is 477 g/mol. The molecular weight excluding hydrogens is 448 g/mol. The fourth-order valence-corrected chi connectivity index (χ4v) is 3.62. The monoisotopic (exact) mass is 476 g/mol. The van der Waals surface area contributed by atoms with E-state index in [0.29, 0.717) is 34.4 Å². The van der Waals surface area contributed by atoms with Crippen LogP contribution in [-0.4, -0.2) is 36.0 Å². The predicted octanol–water partition coefficient (Wildman–Crippen LogP) is 1.99. The highest BCUT2D eigenvalue weighted by Gasteiger charge is 2.17. The van der Waals surface area contributed by atoms with Crippen LogP contribution < -0.4 is 21.2 Å². The molecule has 0 spiro atoms. The summed E-state index contributed by atoms with van der Waals surface area (Å²) in [4.78, 5) is 36.3. The van der Waals surface area contributed by atoms with E-state index >= 15 is 0 Å². The van der Waals surface area contributed by atoms with Crippen LogP contribution in [0.2, 0.25) is 0 Å². The molecule has 1 unspecified atom stereocenters. The van der Waals surface area contributed by atoms with Crippen molar-refractivity contribution in [1.82, 2.24) is 10.6 Å². The van der Waals surface area contributed by atoms with Gasteiger partial charge < -0.3 is 21.2 Å². The van der Waals surface area contributed by atoms with Crippen LogP contribution in [0, 0.1) is 5.21 Å². The average Bonchev–Trinajstić information content (AvgIpc) is 2.85. The van der Waals surface area contributed by atoms with Crippen molar-refractivity contribution in [3.05, 3.63) is 100 Å². The third-order valence-corrected chi connectivity index (χ3v) is 5.30. The van der Waals surface area contributed by atoms with Crippen LogP contribution in [0.15, 0.2) is 72.8 Å². The van der Waals surface area contributed by atoms with Gasteiger partial charge in [-0.2, -0.15) is 5.23 Å². The van der Waals surface area contributed by atoms with Gasteiger partial charge in [-0.05, 0) is 48.7 Å². The number of rotatable bonds is 10. The van der Waals surface area contributed by atoms with Crippen molar-refractivity contribution in [1.29, 1.82) is 0 Å². The highest BCUT2D eigenvalue weighted by molar-refractivity contribution is 5.94. The van der Waals surface area contributed by atoms with E-state index in [1.54, 1.807) is 54.6 Å². The van der Waals surface area contributed by atoms with Gasteiger partial charge in [0, 0.05) is 42.8 Å². The molecule has 0 fully saturated rings. The molecule has 0 radical (unpaired) electrons. The largest absolute Gasteiger partial charge is 0.595 e. The third kappa shape index (κ3) is 7.47. The van der Waals surface area contributed by atoms with Gasteiger partial charge in [-0.3, -0.25) is 14.4 Å². The minimum Gasteiger partial charge on any atom is -0.595 e. The molecule has 0 aliphatic rings. The van der Waals surface area contributed by atoms with Gasteiger partial charge in [-0.1, -0.05) is 36.4 Å². The second kappa shape index (κ2) is 12.4. The molecule has 3 rings (SSSR count). The Morgan fingerprint density at radius 1 is 0.800 bits per heavy atom. The first kappa shape index (κ1) is 25.6. The van der Waals surface area contributed by atoms with Crippen molar-refractivity contribution in [3.63, 3.8) is 0 Å². The quantitative estimate of drug-likeness (QED) is 0.285. The van der Waals surface area contributed by atoms with Crippen LogP contribution in [0.3, 0.4) is 0 Å². The lowest BCUT2D eigenvalue weighted by molar-refractivity contribution is -0.991. The minimum atomic E-state index is -1.13. The molecule has 0 aliphatic heterocycles. The van der Waals surface area contributed by atoms with Crippen molar-refractivity contribution >= 4 is 29.1 Å². The van der Waals surface area contributed by atoms with E-state index in [9.17, 15) is 24.8 Å². The molecule has 35 heavy (non-hydrogen) atoms. The number of carbonyl (C=O) groups excluding carboxylic acids is 3. The van der Waals surface area contributed by atoms with Gasteiger partial charge in [-0.15, -0.1) is 0 Å². The molecule has 3 aromatic carbocycles. The minimum absolute atomic E-state index is 0.0415. The Labute approximate surface area is 203 Å². The molecule has 0 saturated heterocycles. The number of nitrogens with one attached hydrogen (secondary N) is 4. The number of quaternary nitrogens is 1. The maximum atomic E-state index is 12.3. The van der Waals surface area contributed by atoms with Crippen molar-refractivity contribution in [3.8, 4) is 0 Å². The topological polar surface area (TPSA) is 135 Å². The zero-order chi connectivity index (χ0) is 25.2. The van der Waals surface area contributed by atoms with Crippen LogP contribution in [-0.2, 0) is 17.6 Å². The van der Waals surface area contributed by atoms with Gasteiger partial charge in [0.1, 0.15) is 0 Å². The summed E-state index contributed by atoms with van der Waals surface area (Å²) < 4.78 is 0. The van der Waals surface area contributed by atoms with Gasteiger partial charge in [0.2, 0.25) is 5.91 Å². The van der Waals surface area contributed by atoms with E-state index in [1.807, 2.05) is 12.1 Å². The molecule has 3 aromatic rings. The van der Waals surface area contributed by atoms with Crippen molar-refractivity contribution in [2.45, 2.75) is 19.8 Å². The van der Waals surface area contributed by atoms with Crippen molar-refractivity contribution < 1.29 is 24.8 Å². The first-order valence-corrected chi connectivity index (χ1v) is 11.2. The molecular formula is C26H28N4O5. The molecule has 1 atom stereocenters. The third-order valence-electron chi connectivity index (χ3n) is 5.30. The molecule has 3 amide bonds. The molecule has 0 bridgehead atoms. The van der Waals surface area contributed by atoms with E-state index in [4.69, 9.17) is 0 Å². The summed E-state index contributed by atoms with van der Waals surface area (Å²) in [6.45, 7) is 1.86. The Bertz CT molecular complexity index is 1170. The van der Waals surface area contributed by atoms with Gasteiger partial charge in [0.05, 0.1) is 5.69 Å². The van der Waals surface area contributed by atoms with E-state index < -0.39 is 5.23 Å². The molecule has 0 aromatic heterocycles. The second-order valence-corrected chi connectivity index (χ2v) is 7.90. The van der Waals surface area contributed by atoms with Crippen LogP contribution >= 0.6 is 0 Å². The summed E-state index contributed by atoms with van der Waals surface area (Å²) in [6, 6.07) is 20.7. The molecule has 9 nitrogen and oxygen atoms in total. The Balaban J connectivity index is 1.73. The Morgan fingerprint density at radius 3 is 1.74 bits per heavy atom. The predicted molar refractivity (Wildman–Crippen MR) is 131 cm³/mol. The van der Waals surface area contributed by atoms with Crippen molar-refractivity contribution in [2.24, 2.45) is 0 Å². The van der Waals surface area contributed by atoms with E-state index in [0.717, 1.165) is 0 Å². The molecule has 0 heterocycles. The molecule has 0 saturated carbocycles. The summed E-state index contributed by atoms with van der Waals surface area (Å²) in [5, 5.41) is 28.8. The van der Waals surface area contributed by atoms with E-state index in [1.165, 1.54) is 13.0 Å². The first-order chi connectivity index (χ1) is 16.8. The summed E-state index contributed by atoms with van der Waals surface area (Å²) >= 11 is 0. The standard InChI is InChI=1S/C26H28N4O5/c1-18(31)29-23-17-24(30(34)35)22(13-15-28-26(33)20-10-6-3-7-11-20)16-21(23)12-14-27-25(32)19-8-4-2-5-9-19/h2-11,16-17,30,34H,12-15H2,1H3,(H,27,32)(H,28,33)(H,29,31). The molecule has 9 heteroatoms. The number of hydrogen-bond acceptors (Lipinski definition) is 5. The van der Waals surface area contributed by atoms with Crippen LogP contribution in [0.1, 0.15) is 38.8 Å². The summed E-state index contributed by atoms with van der Waals surface area (Å²) in [6.07, 6.45) is 0.654. The zero-order valence-corrected chi connectivity index (χ0v) is 19.3. The van der Waals surface area contributed by atoms with E-state index in [-0.39, 0.29) is 42.9 Å². The normalized spacial score (nSPS) is 11.4. The number of anilines is 1. The molecule has 182 valence electrons. The number of amides is 3. The summed E-state index contributed by atoms with van der Waals surface area (Å²) in [7, 11) is 0. The smallest absolute Gasteiger partial charge is 0.251 e. The second-order valence-electron chi connectivity index (χ2n) is 7.90. The number of benzene rings is 3. The van der Waals surface area contributed by atoms with Gasteiger partial charge in [-0.25, -0.2) is 5.21 Å². The van der Waals surface area contributed by atoms with Crippen LogP contribution in [0.25, 0.3) is 0 Å². The fraction of sp³-hybridized carbons (Fsp3) is 0.192. The number of hydrogen-bond donors (Lipinski definition) is 5. The lowest BCUT2D eigenvalue weighted by atomic mass is 10.0. The fourth-order valence-electron chi connectivity index (χ4n) is 3.62.